The number of nitrogens with one attached hydrogen (secondary N) is 1. The number of hydrogen-bond donors (Lipinski definition) is 2. The lowest BCUT2D eigenvalue weighted by atomic mass is 9.92. The maximum absolute atomic E-state index is 12.8. The third-order valence-corrected chi connectivity index (χ3v) is 4.36. The predicted octanol–water partition coefficient (Wildman–Crippen LogP) is 3.42. The fourth-order valence-electron chi connectivity index (χ4n) is 2.57. The van der Waals surface area contributed by atoms with Crippen molar-refractivity contribution < 1.29 is 9.32 Å². The van der Waals surface area contributed by atoms with Crippen LogP contribution in [0.15, 0.2) is 53.1 Å². The first kappa shape index (κ1) is 17.8. The van der Waals surface area contributed by atoms with E-state index in [1.54, 1.807) is 6.92 Å². The summed E-state index contributed by atoms with van der Waals surface area (Å²) in [6.07, 6.45) is 0.696. The van der Waals surface area contributed by atoms with Crippen LogP contribution in [-0.2, 0) is 16.8 Å². The van der Waals surface area contributed by atoms with E-state index in [0.717, 1.165) is 16.7 Å². The monoisotopic (exact) mass is 350 g/mol. The van der Waals surface area contributed by atoms with Crippen molar-refractivity contribution in [1.82, 2.24) is 10.1 Å². The summed E-state index contributed by atoms with van der Waals surface area (Å²) in [6, 6.07) is 14.9. The van der Waals surface area contributed by atoms with E-state index in [0.29, 0.717) is 23.8 Å². The number of anilines is 1. The van der Waals surface area contributed by atoms with Gasteiger partial charge in [0.25, 0.3) is 5.89 Å². The normalized spacial score (nSPS) is 13.2. The molecule has 0 bridgehead atoms. The van der Waals surface area contributed by atoms with Crippen LogP contribution < -0.4 is 11.1 Å². The molecule has 0 fully saturated rings. The number of hydrogen-bond acceptors (Lipinski definition) is 5. The van der Waals surface area contributed by atoms with Crippen LogP contribution in [0.3, 0.4) is 0 Å². The van der Waals surface area contributed by atoms with Crippen LogP contribution in [-0.4, -0.2) is 16.0 Å². The Hall–Kier alpha value is -2.99. The Balaban J connectivity index is 1.87. The van der Waals surface area contributed by atoms with Crippen molar-refractivity contribution in [2.24, 2.45) is 5.73 Å². The Morgan fingerprint density at radius 1 is 1.23 bits per heavy atom. The van der Waals surface area contributed by atoms with Crippen LogP contribution in [0.1, 0.15) is 30.8 Å². The molecule has 2 aromatic carbocycles. The van der Waals surface area contributed by atoms with E-state index in [9.17, 15) is 4.79 Å². The predicted molar refractivity (Wildman–Crippen MR) is 100 cm³/mol. The molecule has 1 atom stereocenters. The molecule has 0 spiro atoms. The van der Waals surface area contributed by atoms with Gasteiger partial charge in [-0.2, -0.15) is 4.98 Å². The summed E-state index contributed by atoms with van der Waals surface area (Å²) >= 11 is 0. The van der Waals surface area contributed by atoms with E-state index in [-0.39, 0.29) is 5.91 Å². The van der Waals surface area contributed by atoms with Crippen molar-refractivity contribution in [1.29, 1.82) is 0 Å². The Morgan fingerprint density at radius 3 is 2.62 bits per heavy atom. The molecule has 0 saturated heterocycles. The maximum Gasteiger partial charge on any atom is 0.257 e. The summed E-state index contributed by atoms with van der Waals surface area (Å²) in [6.45, 7) is 5.57. The Labute approximate surface area is 152 Å². The van der Waals surface area contributed by atoms with Crippen molar-refractivity contribution in [3.63, 3.8) is 0 Å². The maximum atomic E-state index is 12.8. The van der Waals surface area contributed by atoms with Gasteiger partial charge in [-0.05, 0) is 37.1 Å². The lowest BCUT2D eigenvalue weighted by Gasteiger charge is -2.24. The minimum atomic E-state index is -1.15. The van der Waals surface area contributed by atoms with Crippen LogP contribution >= 0.6 is 0 Å². The molecule has 134 valence electrons. The number of aryl methyl sites for hydroxylation is 2. The zero-order valence-electron chi connectivity index (χ0n) is 15.1. The van der Waals surface area contributed by atoms with Crippen molar-refractivity contribution in [2.45, 2.75) is 32.7 Å². The van der Waals surface area contributed by atoms with E-state index in [2.05, 4.69) is 15.5 Å². The van der Waals surface area contributed by atoms with E-state index in [1.165, 1.54) is 0 Å². The van der Waals surface area contributed by atoms with E-state index < -0.39 is 5.54 Å². The summed E-state index contributed by atoms with van der Waals surface area (Å²) in [5, 5.41) is 6.84. The summed E-state index contributed by atoms with van der Waals surface area (Å²) in [7, 11) is 0. The molecule has 1 heterocycles. The summed E-state index contributed by atoms with van der Waals surface area (Å²) < 4.78 is 5.28. The van der Waals surface area contributed by atoms with Crippen molar-refractivity contribution >= 4 is 11.6 Å². The second kappa shape index (κ2) is 7.09. The third kappa shape index (κ3) is 3.50. The SMILES string of the molecule is CCc1noc(-c2ccc(C)c(NC(=O)C(C)(N)c3ccccc3)c2)n1. The Bertz CT molecular complexity index is 917. The molecule has 3 aromatic rings. The van der Waals surface area contributed by atoms with E-state index >= 15 is 0 Å². The highest BCUT2D eigenvalue weighted by molar-refractivity contribution is 5.99. The number of aromatic nitrogens is 2. The second-order valence-electron chi connectivity index (χ2n) is 6.42. The molecule has 6 heteroatoms. The lowest BCUT2D eigenvalue weighted by Crippen LogP contribution is -2.45. The van der Waals surface area contributed by atoms with Crippen LogP contribution in [0.5, 0.6) is 0 Å². The standard InChI is InChI=1S/C20H22N4O2/c1-4-17-23-18(26-24-17)14-11-10-13(2)16(12-14)22-19(25)20(3,21)15-8-6-5-7-9-15/h5-12H,4,21H2,1-3H3,(H,22,25). The van der Waals surface area contributed by atoms with Crippen molar-refractivity contribution in [3.05, 3.63) is 65.5 Å². The molecular weight excluding hydrogens is 328 g/mol. The topological polar surface area (TPSA) is 94.0 Å². The number of nitrogens with zero attached hydrogens (tertiary/aromatic N) is 2. The average Bonchev–Trinajstić information content (AvgIpc) is 3.13. The fraction of sp³-hybridized carbons (Fsp3) is 0.250. The highest BCUT2D eigenvalue weighted by Gasteiger charge is 2.30. The zero-order valence-corrected chi connectivity index (χ0v) is 15.1. The highest BCUT2D eigenvalue weighted by Crippen LogP contribution is 2.26. The van der Waals surface area contributed by atoms with Gasteiger partial charge in [0.15, 0.2) is 5.82 Å². The van der Waals surface area contributed by atoms with Crippen LogP contribution in [0.4, 0.5) is 5.69 Å². The molecule has 0 aliphatic carbocycles. The first-order valence-corrected chi connectivity index (χ1v) is 8.51. The van der Waals surface area contributed by atoms with Crippen molar-refractivity contribution in [2.75, 3.05) is 5.32 Å². The number of nitrogens with two attached hydrogens (primary N) is 1. The highest BCUT2D eigenvalue weighted by atomic mass is 16.5. The number of benzene rings is 2. The molecule has 1 unspecified atom stereocenters. The summed E-state index contributed by atoms with van der Waals surface area (Å²) in [4.78, 5) is 17.1. The van der Waals surface area contributed by atoms with Crippen LogP contribution in [0.25, 0.3) is 11.5 Å². The van der Waals surface area contributed by atoms with Gasteiger partial charge in [-0.1, -0.05) is 48.5 Å². The van der Waals surface area contributed by atoms with Gasteiger partial charge in [-0.15, -0.1) is 0 Å². The molecule has 3 rings (SSSR count). The number of carbonyl (C=O) groups excluding carboxylic acids is 1. The van der Waals surface area contributed by atoms with Gasteiger partial charge >= 0.3 is 0 Å². The smallest absolute Gasteiger partial charge is 0.257 e. The molecule has 0 radical (unpaired) electrons. The lowest BCUT2D eigenvalue weighted by molar-refractivity contribution is -0.120. The molecule has 1 aromatic heterocycles. The first-order valence-electron chi connectivity index (χ1n) is 8.51. The zero-order chi connectivity index (χ0) is 18.7. The number of carbonyl (C=O) groups is 1. The molecule has 0 saturated carbocycles. The average molecular weight is 350 g/mol. The van der Waals surface area contributed by atoms with Gasteiger partial charge in [-0.25, -0.2) is 0 Å². The van der Waals surface area contributed by atoms with Gasteiger partial charge in [0, 0.05) is 17.7 Å². The Kier molecular flexibility index (Phi) is 4.86. The minimum absolute atomic E-state index is 0.288. The van der Waals surface area contributed by atoms with Gasteiger partial charge in [0.1, 0.15) is 5.54 Å². The van der Waals surface area contributed by atoms with Gasteiger partial charge < -0.3 is 15.6 Å². The minimum Gasteiger partial charge on any atom is -0.334 e. The summed E-state index contributed by atoms with van der Waals surface area (Å²) in [5.41, 5.74) is 8.22. The van der Waals surface area contributed by atoms with Gasteiger partial charge in [0.2, 0.25) is 5.91 Å². The van der Waals surface area contributed by atoms with Crippen LogP contribution in [0, 0.1) is 6.92 Å². The van der Waals surface area contributed by atoms with Crippen molar-refractivity contribution in [3.8, 4) is 11.5 Å². The van der Waals surface area contributed by atoms with E-state index in [4.69, 9.17) is 10.3 Å². The quantitative estimate of drug-likeness (QED) is 0.735. The second-order valence-corrected chi connectivity index (χ2v) is 6.42. The first-order chi connectivity index (χ1) is 12.4. The fourth-order valence-corrected chi connectivity index (χ4v) is 2.57. The molecule has 0 aliphatic heterocycles. The number of rotatable bonds is 5. The van der Waals surface area contributed by atoms with Crippen LogP contribution in [0.2, 0.25) is 0 Å². The molecule has 6 nitrogen and oxygen atoms in total. The Morgan fingerprint density at radius 2 is 1.96 bits per heavy atom. The molecule has 26 heavy (non-hydrogen) atoms. The van der Waals surface area contributed by atoms with E-state index in [1.807, 2.05) is 62.4 Å². The van der Waals surface area contributed by atoms with Gasteiger partial charge in [-0.3, -0.25) is 4.79 Å². The largest absolute Gasteiger partial charge is 0.334 e. The molecular formula is C20H22N4O2. The van der Waals surface area contributed by atoms with Gasteiger partial charge in [0.05, 0.1) is 0 Å². The third-order valence-electron chi connectivity index (χ3n) is 4.36. The molecule has 0 aliphatic rings. The molecule has 1 amide bonds. The molecule has 3 N–H and O–H groups in total. The number of amides is 1. The summed E-state index contributed by atoms with van der Waals surface area (Å²) in [5.74, 6) is 0.782.